The Balaban J connectivity index is 1.19. The highest BCUT2D eigenvalue weighted by Gasteiger charge is 2.14. The minimum Gasteiger partial charge on any atom is -0.494 e. The Morgan fingerprint density at radius 2 is 1.25 bits per heavy atom. The van der Waals surface area contributed by atoms with Crippen LogP contribution in [0.5, 0.6) is 11.5 Å². The zero-order valence-electron chi connectivity index (χ0n) is 29.3. The lowest BCUT2D eigenvalue weighted by atomic mass is 10.0. The van der Waals surface area contributed by atoms with E-state index in [1.54, 1.807) is 54.6 Å². The molecule has 0 spiro atoms. The van der Waals surface area contributed by atoms with Crippen molar-refractivity contribution >= 4 is 24.2 Å². The van der Waals surface area contributed by atoms with Crippen molar-refractivity contribution in [1.82, 2.24) is 0 Å². The fourth-order valence-electron chi connectivity index (χ4n) is 5.35. The van der Waals surface area contributed by atoms with Crippen LogP contribution < -0.4 is 9.47 Å². The highest BCUT2D eigenvalue weighted by Crippen LogP contribution is 2.23. The molecule has 8 nitrogen and oxygen atoms in total. The molecule has 0 saturated carbocycles. The largest absolute Gasteiger partial charge is 0.494 e. The van der Waals surface area contributed by atoms with Crippen LogP contribution in [0.4, 0.5) is 0 Å². The first-order valence-corrected chi connectivity index (χ1v) is 17.6. The fraction of sp³-hybridized carbons (Fsp3) is 0.302. The van der Waals surface area contributed by atoms with E-state index in [2.05, 4.69) is 37.8 Å². The van der Waals surface area contributed by atoms with Crippen molar-refractivity contribution in [3.8, 4) is 22.6 Å². The van der Waals surface area contributed by atoms with Gasteiger partial charge in [0.05, 0.1) is 36.5 Å². The second kappa shape index (κ2) is 20.9. The van der Waals surface area contributed by atoms with Crippen molar-refractivity contribution in [2.75, 3.05) is 19.8 Å². The van der Waals surface area contributed by atoms with E-state index in [9.17, 15) is 19.2 Å². The van der Waals surface area contributed by atoms with E-state index in [4.69, 9.17) is 18.9 Å². The van der Waals surface area contributed by atoms with E-state index < -0.39 is 17.9 Å². The minimum absolute atomic E-state index is 0.124. The maximum Gasteiger partial charge on any atom is 0.343 e. The number of carbonyl (C=O) groups is 4. The second-order valence-electron chi connectivity index (χ2n) is 12.2. The van der Waals surface area contributed by atoms with E-state index in [1.165, 1.54) is 24.8 Å². The lowest BCUT2D eigenvalue weighted by Gasteiger charge is -2.10. The van der Waals surface area contributed by atoms with Gasteiger partial charge in [-0.3, -0.25) is 4.79 Å². The van der Waals surface area contributed by atoms with Crippen molar-refractivity contribution in [3.63, 3.8) is 0 Å². The number of carbonyl (C=O) groups excluding carboxylic acids is 4. The Morgan fingerprint density at radius 3 is 1.92 bits per heavy atom. The number of ether oxygens (including phenoxy) is 4. The van der Waals surface area contributed by atoms with Gasteiger partial charge < -0.3 is 18.9 Å². The lowest BCUT2D eigenvalue weighted by Crippen LogP contribution is -2.11. The monoisotopic (exact) mass is 690 g/mol. The van der Waals surface area contributed by atoms with Crippen LogP contribution in [0.15, 0.2) is 104 Å². The normalized spacial score (nSPS) is 10.6. The first kappa shape index (κ1) is 38.3. The Kier molecular flexibility index (Phi) is 15.7. The average Bonchev–Trinajstić information content (AvgIpc) is 3.16. The maximum atomic E-state index is 12.8. The molecule has 266 valence electrons. The summed E-state index contributed by atoms with van der Waals surface area (Å²) in [4.78, 5) is 48.3. The Morgan fingerprint density at radius 1 is 0.627 bits per heavy atom. The molecular formula is C43H46O8. The number of esters is 3. The molecule has 0 N–H and O–H groups in total. The molecule has 0 amide bonds. The molecule has 0 bridgehead atoms. The van der Waals surface area contributed by atoms with Crippen LogP contribution in [-0.2, 0) is 27.1 Å². The van der Waals surface area contributed by atoms with Gasteiger partial charge in [-0.25, -0.2) is 14.4 Å². The molecule has 4 rings (SSSR count). The zero-order valence-corrected chi connectivity index (χ0v) is 29.3. The predicted molar refractivity (Wildman–Crippen MR) is 197 cm³/mol. The maximum absolute atomic E-state index is 12.8. The van der Waals surface area contributed by atoms with Crippen molar-refractivity contribution in [3.05, 3.63) is 131 Å². The molecule has 0 heterocycles. The summed E-state index contributed by atoms with van der Waals surface area (Å²) in [6.07, 6.45) is 10.4. The van der Waals surface area contributed by atoms with E-state index in [0.717, 1.165) is 54.9 Å². The van der Waals surface area contributed by atoms with Crippen LogP contribution in [0.2, 0.25) is 0 Å². The summed E-state index contributed by atoms with van der Waals surface area (Å²) in [5.41, 5.74) is 5.21. The van der Waals surface area contributed by atoms with Crippen molar-refractivity contribution in [2.24, 2.45) is 0 Å². The highest BCUT2D eigenvalue weighted by molar-refractivity contribution is 5.93. The molecule has 0 saturated heterocycles. The third-order valence-corrected chi connectivity index (χ3v) is 8.31. The van der Waals surface area contributed by atoms with Gasteiger partial charge in [-0.15, -0.1) is 0 Å². The fourth-order valence-corrected chi connectivity index (χ4v) is 5.35. The standard InChI is InChI=1S/C43H46O8/c1-3-5-8-11-32-12-15-34(16-13-32)35-17-19-36(20-18-35)42(46)50-29-26-33-14-25-40(38(30-33)31-44)51-43(47)37-21-23-39(24-22-37)48-27-9-6-7-10-28-49-41(45)4-2/h4,12-25,30-31H,2-3,5-11,26-29H2,1H3. The van der Waals surface area contributed by atoms with Crippen LogP contribution in [0.1, 0.15) is 94.1 Å². The number of rotatable bonds is 21. The van der Waals surface area contributed by atoms with Gasteiger partial charge in [0.1, 0.15) is 11.5 Å². The van der Waals surface area contributed by atoms with Crippen LogP contribution in [0.3, 0.4) is 0 Å². The second-order valence-corrected chi connectivity index (χ2v) is 12.2. The SMILES string of the molecule is C=CC(=O)OCCCCCCOc1ccc(C(=O)Oc2ccc(CCOC(=O)c3ccc(-c4ccc(CCCCC)cc4)cc3)cc2C=O)cc1. The number of aldehydes is 1. The van der Waals surface area contributed by atoms with Crippen LogP contribution in [0, 0.1) is 0 Å². The third kappa shape index (κ3) is 12.7. The number of hydrogen-bond donors (Lipinski definition) is 0. The Bertz CT molecular complexity index is 1720. The summed E-state index contributed by atoms with van der Waals surface area (Å²) < 4.78 is 21.7. The summed E-state index contributed by atoms with van der Waals surface area (Å²) in [7, 11) is 0. The molecule has 0 aliphatic heterocycles. The summed E-state index contributed by atoms with van der Waals surface area (Å²) in [5, 5.41) is 0. The molecule has 0 unspecified atom stereocenters. The smallest absolute Gasteiger partial charge is 0.343 e. The molecular weight excluding hydrogens is 644 g/mol. The van der Waals surface area contributed by atoms with E-state index in [1.807, 2.05) is 12.1 Å². The van der Waals surface area contributed by atoms with E-state index >= 15 is 0 Å². The van der Waals surface area contributed by atoms with Gasteiger partial charge in [0.2, 0.25) is 0 Å². The number of benzene rings is 4. The van der Waals surface area contributed by atoms with E-state index in [-0.39, 0.29) is 17.9 Å². The molecule has 4 aromatic carbocycles. The Labute approximate surface area is 300 Å². The van der Waals surface area contributed by atoms with Gasteiger partial charge in [-0.1, -0.05) is 68.8 Å². The lowest BCUT2D eigenvalue weighted by molar-refractivity contribution is -0.137. The van der Waals surface area contributed by atoms with Gasteiger partial charge in [-0.05, 0) is 109 Å². The van der Waals surface area contributed by atoms with Crippen molar-refractivity contribution < 1.29 is 38.1 Å². The third-order valence-electron chi connectivity index (χ3n) is 8.31. The van der Waals surface area contributed by atoms with Gasteiger partial charge in [0, 0.05) is 12.5 Å². The molecule has 0 aliphatic carbocycles. The summed E-state index contributed by atoms with van der Waals surface area (Å²) >= 11 is 0. The van der Waals surface area contributed by atoms with Crippen LogP contribution in [-0.4, -0.2) is 44.0 Å². The molecule has 0 aliphatic rings. The molecule has 0 radical (unpaired) electrons. The first-order valence-electron chi connectivity index (χ1n) is 17.6. The molecule has 8 heteroatoms. The van der Waals surface area contributed by atoms with Gasteiger partial charge in [0.25, 0.3) is 0 Å². The summed E-state index contributed by atoms with van der Waals surface area (Å²) in [5.74, 6) is -0.671. The van der Waals surface area contributed by atoms with E-state index in [0.29, 0.717) is 42.8 Å². The van der Waals surface area contributed by atoms with Crippen LogP contribution in [0.25, 0.3) is 11.1 Å². The molecule has 4 aromatic rings. The number of aryl methyl sites for hydroxylation is 1. The van der Waals surface area contributed by atoms with Gasteiger partial charge in [0.15, 0.2) is 6.29 Å². The van der Waals surface area contributed by atoms with Gasteiger partial charge in [-0.2, -0.15) is 0 Å². The van der Waals surface area contributed by atoms with Crippen molar-refractivity contribution in [1.29, 1.82) is 0 Å². The topological polar surface area (TPSA) is 105 Å². The average molecular weight is 691 g/mol. The predicted octanol–water partition coefficient (Wildman–Crippen LogP) is 9.19. The molecule has 0 fully saturated rings. The number of hydrogen-bond acceptors (Lipinski definition) is 8. The van der Waals surface area contributed by atoms with Gasteiger partial charge >= 0.3 is 17.9 Å². The quantitative estimate of drug-likeness (QED) is 0.0280. The van der Waals surface area contributed by atoms with Crippen molar-refractivity contribution in [2.45, 2.75) is 64.7 Å². The first-order chi connectivity index (χ1) is 24.9. The molecule has 0 aromatic heterocycles. The highest BCUT2D eigenvalue weighted by atomic mass is 16.5. The number of unbranched alkanes of at least 4 members (excludes halogenated alkanes) is 5. The minimum atomic E-state index is -0.603. The Hall–Kier alpha value is -5.50. The zero-order chi connectivity index (χ0) is 36.3. The molecule has 51 heavy (non-hydrogen) atoms. The van der Waals surface area contributed by atoms with Crippen LogP contribution >= 0.6 is 0 Å². The summed E-state index contributed by atoms with van der Waals surface area (Å²) in [6.45, 7) is 6.59. The molecule has 0 atom stereocenters. The summed E-state index contributed by atoms with van der Waals surface area (Å²) in [6, 6.07) is 27.4.